The van der Waals surface area contributed by atoms with Crippen LogP contribution in [0.15, 0.2) is 58.0 Å². The van der Waals surface area contributed by atoms with E-state index >= 15 is 0 Å². The third kappa shape index (κ3) is 2.72. The Morgan fingerprint density at radius 3 is 2.52 bits per heavy atom. The van der Waals surface area contributed by atoms with E-state index in [0.717, 1.165) is 29.7 Å². The smallest absolute Gasteiger partial charge is 0.344 e. The van der Waals surface area contributed by atoms with Crippen LogP contribution in [0.2, 0.25) is 0 Å². The quantitative estimate of drug-likeness (QED) is 0.675. The number of benzene rings is 1. The topological polar surface area (TPSA) is 46.3 Å². The Morgan fingerprint density at radius 1 is 0.957 bits per heavy atom. The molecule has 0 amide bonds. The standard InChI is InChI=1S/C19H18N2O2/c22-19-17(14-6-8-20-9-7-14)12-15-4-5-16(13-18(15)23-19)21-10-2-1-3-11-21/h4-9,12-13H,1-3,10-11H2. The van der Waals surface area contributed by atoms with Crippen molar-refractivity contribution in [1.82, 2.24) is 4.98 Å². The molecule has 1 aliphatic heterocycles. The van der Waals surface area contributed by atoms with Crippen molar-refractivity contribution in [2.75, 3.05) is 18.0 Å². The third-order valence-electron chi connectivity index (χ3n) is 4.43. The summed E-state index contributed by atoms with van der Waals surface area (Å²) in [4.78, 5) is 18.7. The van der Waals surface area contributed by atoms with Crippen molar-refractivity contribution in [2.24, 2.45) is 0 Å². The second-order valence-corrected chi connectivity index (χ2v) is 5.95. The van der Waals surface area contributed by atoms with E-state index in [9.17, 15) is 4.79 Å². The van der Waals surface area contributed by atoms with Gasteiger partial charge in [-0.15, -0.1) is 0 Å². The summed E-state index contributed by atoms with van der Waals surface area (Å²) in [7, 11) is 0. The Labute approximate surface area is 134 Å². The average Bonchev–Trinajstić information content (AvgIpc) is 2.62. The third-order valence-corrected chi connectivity index (χ3v) is 4.43. The first-order valence-corrected chi connectivity index (χ1v) is 8.04. The summed E-state index contributed by atoms with van der Waals surface area (Å²) in [5, 5.41) is 0.942. The van der Waals surface area contributed by atoms with Gasteiger partial charge in [0.25, 0.3) is 0 Å². The molecule has 1 aromatic carbocycles. The number of fused-ring (bicyclic) bond motifs is 1. The molecule has 1 saturated heterocycles. The number of piperidine rings is 1. The van der Waals surface area contributed by atoms with Crippen LogP contribution in [0.1, 0.15) is 19.3 Å². The molecule has 4 rings (SSSR count). The number of pyridine rings is 1. The first-order chi connectivity index (χ1) is 11.3. The Balaban J connectivity index is 1.77. The Morgan fingerprint density at radius 2 is 1.74 bits per heavy atom. The molecule has 4 heteroatoms. The minimum absolute atomic E-state index is 0.306. The molecule has 1 aliphatic rings. The molecule has 23 heavy (non-hydrogen) atoms. The van der Waals surface area contributed by atoms with Crippen molar-refractivity contribution in [3.05, 3.63) is 59.2 Å². The first-order valence-electron chi connectivity index (χ1n) is 8.04. The Hall–Kier alpha value is -2.62. The summed E-state index contributed by atoms with van der Waals surface area (Å²) >= 11 is 0. The van der Waals surface area contributed by atoms with E-state index in [2.05, 4.69) is 16.0 Å². The normalized spacial score (nSPS) is 15.0. The number of nitrogens with zero attached hydrogens (tertiary/aromatic N) is 2. The number of aromatic nitrogens is 1. The van der Waals surface area contributed by atoms with Crippen LogP contribution >= 0.6 is 0 Å². The van der Waals surface area contributed by atoms with Crippen LogP contribution in [0.4, 0.5) is 5.69 Å². The Bertz CT molecular complexity index is 881. The summed E-state index contributed by atoms with van der Waals surface area (Å²) in [5.41, 5.74) is 2.88. The lowest BCUT2D eigenvalue weighted by molar-refractivity contribution is 0.560. The fourth-order valence-corrected chi connectivity index (χ4v) is 3.18. The number of rotatable bonds is 2. The highest BCUT2D eigenvalue weighted by Gasteiger charge is 2.13. The molecular weight excluding hydrogens is 288 g/mol. The summed E-state index contributed by atoms with van der Waals surface area (Å²) in [6, 6.07) is 11.7. The fourth-order valence-electron chi connectivity index (χ4n) is 3.18. The van der Waals surface area contributed by atoms with Gasteiger partial charge in [0, 0.05) is 42.6 Å². The zero-order valence-electron chi connectivity index (χ0n) is 12.9. The van der Waals surface area contributed by atoms with Gasteiger partial charge in [-0.25, -0.2) is 4.79 Å². The molecular formula is C19H18N2O2. The maximum atomic E-state index is 12.3. The monoisotopic (exact) mass is 306 g/mol. The van der Waals surface area contributed by atoms with Crippen LogP contribution in [0.5, 0.6) is 0 Å². The summed E-state index contributed by atoms with van der Waals surface area (Å²) in [5.74, 6) is 0. The molecule has 1 fully saturated rings. The van der Waals surface area contributed by atoms with E-state index in [1.807, 2.05) is 30.3 Å². The predicted molar refractivity (Wildman–Crippen MR) is 91.8 cm³/mol. The molecule has 4 nitrogen and oxygen atoms in total. The van der Waals surface area contributed by atoms with Crippen molar-refractivity contribution < 1.29 is 4.42 Å². The molecule has 3 heterocycles. The average molecular weight is 306 g/mol. The second kappa shape index (κ2) is 5.88. The Kier molecular flexibility index (Phi) is 3.58. The zero-order valence-corrected chi connectivity index (χ0v) is 12.9. The lowest BCUT2D eigenvalue weighted by Gasteiger charge is -2.28. The minimum Gasteiger partial charge on any atom is -0.422 e. The van der Waals surface area contributed by atoms with Gasteiger partial charge in [-0.2, -0.15) is 0 Å². The van der Waals surface area contributed by atoms with E-state index in [1.165, 1.54) is 19.3 Å². The van der Waals surface area contributed by atoms with Crippen LogP contribution in [-0.2, 0) is 0 Å². The van der Waals surface area contributed by atoms with Crippen LogP contribution in [0, 0.1) is 0 Å². The van der Waals surface area contributed by atoms with Crippen molar-refractivity contribution >= 4 is 16.7 Å². The lowest BCUT2D eigenvalue weighted by atomic mass is 10.1. The first kappa shape index (κ1) is 14.0. The summed E-state index contributed by atoms with van der Waals surface area (Å²) in [6.07, 6.45) is 7.11. The van der Waals surface area contributed by atoms with Crippen molar-refractivity contribution in [1.29, 1.82) is 0 Å². The molecule has 0 atom stereocenters. The van der Waals surface area contributed by atoms with Gasteiger partial charge in [0.15, 0.2) is 0 Å². The van der Waals surface area contributed by atoms with Gasteiger partial charge in [-0.3, -0.25) is 4.98 Å². The van der Waals surface area contributed by atoms with Gasteiger partial charge >= 0.3 is 5.63 Å². The van der Waals surface area contributed by atoms with Gasteiger partial charge in [-0.1, -0.05) is 0 Å². The summed E-state index contributed by atoms with van der Waals surface area (Å²) in [6.45, 7) is 2.15. The van der Waals surface area contributed by atoms with Gasteiger partial charge in [0.2, 0.25) is 0 Å². The van der Waals surface area contributed by atoms with E-state index < -0.39 is 0 Å². The van der Waals surface area contributed by atoms with E-state index in [4.69, 9.17) is 4.42 Å². The SMILES string of the molecule is O=c1oc2cc(N3CCCCC3)ccc2cc1-c1ccncc1. The lowest BCUT2D eigenvalue weighted by Crippen LogP contribution is -2.29. The van der Waals surface area contributed by atoms with Gasteiger partial charge < -0.3 is 9.32 Å². The van der Waals surface area contributed by atoms with Crippen LogP contribution < -0.4 is 10.5 Å². The maximum Gasteiger partial charge on any atom is 0.344 e. The zero-order chi connectivity index (χ0) is 15.6. The highest BCUT2D eigenvalue weighted by atomic mass is 16.4. The van der Waals surface area contributed by atoms with Crippen LogP contribution in [0.3, 0.4) is 0 Å². The molecule has 0 radical (unpaired) electrons. The molecule has 0 unspecified atom stereocenters. The molecule has 116 valence electrons. The van der Waals surface area contributed by atoms with Crippen LogP contribution in [0.25, 0.3) is 22.1 Å². The van der Waals surface area contributed by atoms with Crippen molar-refractivity contribution in [3.8, 4) is 11.1 Å². The minimum atomic E-state index is -0.306. The molecule has 0 saturated carbocycles. The second-order valence-electron chi connectivity index (χ2n) is 5.95. The fraction of sp³-hybridized carbons (Fsp3) is 0.263. The largest absolute Gasteiger partial charge is 0.422 e. The molecule has 0 N–H and O–H groups in total. The van der Waals surface area contributed by atoms with E-state index in [0.29, 0.717) is 11.1 Å². The highest BCUT2D eigenvalue weighted by molar-refractivity contribution is 5.84. The van der Waals surface area contributed by atoms with Gasteiger partial charge in [0.1, 0.15) is 5.58 Å². The van der Waals surface area contributed by atoms with E-state index in [-0.39, 0.29) is 5.63 Å². The highest BCUT2D eigenvalue weighted by Crippen LogP contribution is 2.26. The molecule has 0 aliphatic carbocycles. The molecule has 2 aromatic heterocycles. The molecule has 3 aromatic rings. The van der Waals surface area contributed by atoms with E-state index in [1.54, 1.807) is 12.4 Å². The molecule has 0 spiro atoms. The summed E-state index contributed by atoms with van der Waals surface area (Å²) < 4.78 is 5.58. The number of hydrogen-bond donors (Lipinski definition) is 0. The van der Waals surface area contributed by atoms with Crippen LogP contribution in [-0.4, -0.2) is 18.1 Å². The van der Waals surface area contributed by atoms with Gasteiger partial charge in [-0.05, 0) is 55.2 Å². The number of hydrogen-bond acceptors (Lipinski definition) is 4. The van der Waals surface area contributed by atoms with Gasteiger partial charge in [0.05, 0.1) is 5.56 Å². The predicted octanol–water partition coefficient (Wildman–Crippen LogP) is 3.85. The van der Waals surface area contributed by atoms with Crippen molar-refractivity contribution in [3.63, 3.8) is 0 Å². The molecule has 0 bridgehead atoms. The number of anilines is 1. The maximum absolute atomic E-state index is 12.3. The van der Waals surface area contributed by atoms with Crippen molar-refractivity contribution in [2.45, 2.75) is 19.3 Å².